The Morgan fingerprint density at radius 2 is 1.44 bits per heavy atom. The molecular formula is C20H17N5S2. The zero-order chi connectivity index (χ0) is 19.3. The van der Waals surface area contributed by atoms with E-state index in [2.05, 4.69) is 22.8 Å². The molecule has 0 amide bonds. The second-order valence-corrected chi connectivity index (χ2v) is 6.96. The fraction of sp³-hybridized carbons (Fsp3) is 0.200. The van der Waals surface area contributed by atoms with Gasteiger partial charge in [-0.2, -0.15) is 10.5 Å². The lowest BCUT2D eigenvalue weighted by atomic mass is 9.87. The van der Waals surface area contributed by atoms with Crippen molar-refractivity contribution in [2.45, 2.75) is 12.0 Å². The van der Waals surface area contributed by atoms with Gasteiger partial charge in [-0.15, -0.1) is 0 Å². The van der Waals surface area contributed by atoms with Crippen LogP contribution >= 0.6 is 24.4 Å². The average Bonchev–Trinajstić information content (AvgIpc) is 3.09. The molecule has 2 aromatic carbocycles. The standard InChI is InChI=1S/C20H17N5S2/c21-13-20(14-22)17(18(26)23-15-7-3-1-4-8-15)11-12-25(20)19(27)24-16-9-5-2-6-10-16/h1-10,17H,11-12H2,(H,23,26)(H,24,27). The van der Waals surface area contributed by atoms with Gasteiger partial charge in [-0.3, -0.25) is 0 Å². The number of para-hydroxylation sites is 2. The highest BCUT2D eigenvalue weighted by Gasteiger charge is 2.53. The summed E-state index contributed by atoms with van der Waals surface area (Å²) in [4.78, 5) is 2.10. The van der Waals surface area contributed by atoms with Crippen LogP contribution in [0.25, 0.3) is 0 Å². The Kier molecular flexibility index (Phi) is 5.66. The number of thiocarbonyl (C=S) groups is 2. The predicted octanol–water partition coefficient (Wildman–Crippen LogP) is 3.93. The van der Waals surface area contributed by atoms with E-state index < -0.39 is 11.5 Å². The van der Waals surface area contributed by atoms with Crippen molar-refractivity contribution < 1.29 is 0 Å². The molecule has 1 heterocycles. The van der Waals surface area contributed by atoms with Crippen LogP contribution in [0.5, 0.6) is 0 Å². The molecule has 0 aromatic heterocycles. The van der Waals surface area contributed by atoms with E-state index in [0.717, 1.165) is 11.4 Å². The number of benzene rings is 2. The third kappa shape index (κ3) is 3.75. The van der Waals surface area contributed by atoms with Crippen LogP contribution in [-0.2, 0) is 0 Å². The van der Waals surface area contributed by atoms with Crippen LogP contribution in [0.15, 0.2) is 60.7 Å². The van der Waals surface area contributed by atoms with Crippen LogP contribution < -0.4 is 10.6 Å². The Morgan fingerprint density at radius 3 is 1.96 bits per heavy atom. The molecule has 1 aliphatic rings. The van der Waals surface area contributed by atoms with Crippen molar-refractivity contribution in [3.63, 3.8) is 0 Å². The lowest BCUT2D eigenvalue weighted by Crippen LogP contribution is -2.52. The summed E-state index contributed by atoms with van der Waals surface area (Å²) >= 11 is 11.0. The maximum absolute atomic E-state index is 9.90. The molecule has 7 heteroatoms. The van der Waals surface area contributed by atoms with Gasteiger partial charge in [0.2, 0.25) is 5.54 Å². The Labute approximate surface area is 169 Å². The molecule has 0 aliphatic carbocycles. The van der Waals surface area contributed by atoms with E-state index in [9.17, 15) is 10.5 Å². The molecular weight excluding hydrogens is 374 g/mol. The number of rotatable bonds is 3. The van der Waals surface area contributed by atoms with E-state index in [0.29, 0.717) is 23.1 Å². The zero-order valence-corrected chi connectivity index (χ0v) is 16.1. The summed E-state index contributed by atoms with van der Waals surface area (Å²) in [5.41, 5.74) is 0.189. The average molecular weight is 392 g/mol. The maximum atomic E-state index is 9.90. The minimum Gasteiger partial charge on any atom is -0.350 e. The Balaban J connectivity index is 1.81. The first-order chi connectivity index (χ1) is 13.1. The summed E-state index contributed by atoms with van der Waals surface area (Å²) in [6, 6.07) is 23.3. The van der Waals surface area contributed by atoms with Gasteiger partial charge in [-0.05, 0) is 42.9 Å². The molecule has 134 valence electrons. The largest absolute Gasteiger partial charge is 0.350 e. The molecule has 0 radical (unpaired) electrons. The quantitative estimate of drug-likeness (QED) is 0.768. The summed E-state index contributed by atoms with van der Waals surface area (Å²) in [7, 11) is 0. The molecule has 1 unspecified atom stereocenters. The van der Waals surface area contributed by atoms with Gasteiger partial charge in [0.05, 0.1) is 10.9 Å². The number of nitrogens with zero attached hydrogens (tertiary/aromatic N) is 3. The van der Waals surface area contributed by atoms with E-state index in [1.807, 2.05) is 60.7 Å². The summed E-state index contributed by atoms with van der Waals surface area (Å²) in [5, 5.41) is 26.4. The van der Waals surface area contributed by atoms with Crippen molar-refractivity contribution in [1.82, 2.24) is 4.90 Å². The number of hydrogen-bond acceptors (Lipinski definition) is 4. The van der Waals surface area contributed by atoms with Gasteiger partial charge < -0.3 is 15.5 Å². The van der Waals surface area contributed by atoms with Crippen molar-refractivity contribution in [1.29, 1.82) is 10.5 Å². The zero-order valence-electron chi connectivity index (χ0n) is 14.4. The first-order valence-electron chi connectivity index (χ1n) is 8.43. The van der Waals surface area contributed by atoms with Gasteiger partial charge >= 0.3 is 0 Å². The number of likely N-dealkylation sites (tertiary alicyclic amines) is 1. The van der Waals surface area contributed by atoms with Crippen molar-refractivity contribution >= 4 is 45.9 Å². The van der Waals surface area contributed by atoms with Gasteiger partial charge in [0, 0.05) is 17.9 Å². The van der Waals surface area contributed by atoms with Crippen molar-refractivity contribution in [2.75, 3.05) is 17.2 Å². The molecule has 1 fully saturated rings. The number of nitriles is 2. The fourth-order valence-corrected chi connectivity index (χ4v) is 3.94. The highest BCUT2D eigenvalue weighted by Crippen LogP contribution is 2.36. The molecule has 1 atom stereocenters. The molecule has 2 N–H and O–H groups in total. The van der Waals surface area contributed by atoms with E-state index in [4.69, 9.17) is 24.4 Å². The van der Waals surface area contributed by atoms with Crippen LogP contribution in [0, 0.1) is 28.6 Å². The molecule has 1 aliphatic heterocycles. The Hall–Kier alpha value is -3.00. The molecule has 0 saturated carbocycles. The second-order valence-electron chi connectivity index (χ2n) is 6.13. The number of hydrogen-bond donors (Lipinski definition) is 2. The maximum Gasteiger partial charge on any atom is 0.226 e. The Bertz CT molecular complexity index is 837. The summed E-state index contributed by atoms with van der Waals surface area (Å²) in [6.07, 6.45) is 0.566. The molecule has 0 bridgehead atoms. The van der Waals surface area contributed by atoms with Gasteiger partial charge in [0.1, 0.15) is 12.1 Å². The SMILES string of the molecule is N#CC1(C#N)C(C(=S)Nc2ccccc2)CCN1C(=S)Nc1ccccc1. The topological polar surface area (TPSA) is 74.9 Å². The monoisotopic (exact) mass is 391 g/mol. The fourth-order valence-electron chi connectivity index (χ4n) is 3.18. The van der Waals surface area contributed by atoms with Crippen molar-refractivity contribution in [3.05, 3.63) is 60.7 Å². The third-order valence-electron chi connectivity index (χ3n) is 4.54. The summed E-state index contributed by atoms with van der Waals surface area (Å²) in [6.45, 7) is 0.473. The minimum absolute atomic E-state index is 0.342. The van der Waals surface area contributed by atoms with Crippen LogP contribution in [0.4, 0.5) is 11.4 Å². The van der Waals surface area contributed by atoms with Crippen LogP contribution in [0.1, 0.15) is 6.42 Å². The first kappa shape index (κ1) is 18.8. The van der Waals surface area contributed by atoms with Crippen LogP contribution in [0.3, 0.4) is 0 Å². The lowest BCUT2D eigenvalue weighted by molar-refractivity contribution is 0.360. The van der Waals surface area contributed by atoms with Gasteiger partial charge in [-0.1, -0.05) is 48.6 Å². The molecule has 1 saturated heterocycles. The van der Waals surface area contributed by atoms with E-state index in [1.54, 1.807) is 4.90 Å². The molecule has 3 rings (SSSR count). The molecule has 0 spiro atoms. The summed E-state index contributed by atoms with van der Waals surface area (Å²) in [5.74, 6) is -0.446. The van der Waals surface area contributed by atoms with E-state index >= 15 is 0 Å². The molecule has 27 heavy (non-hydrogen) atoms. The number of nitrogens with one attached hydrogen (secondary N) is 2. The highest BCUT2D eigenvalue weighted by atomic mass is 32.1. The molecule has 5 nitrogen and oxygen atoms in total. The van der Waals surface area contributed by atoms with Crippen LogP contribution in [0.2, 0.25) is 0 Å². The van der Waals surface area contributed by atoms with Gasteiger partial charge in [-0.25, -0.2) is 0 Å². The predicted molar refractivity (Wildman–Crippen MR) is 114 cm³/mol. The normalized spacial score (nSPS) is 17.4. The third-order valence-corrected chi connectivity index (χ3v) is 5.25. The van der Waals surface area contributed by atoms with Crippen LogP contribution in [-0.4, -0.2) is 27.1 Å². The van der Waals surface area contributed by atoms with E-state index in [-0.39, 0.29) is 0 Å². The first-order valence-corrected chi connectivity index (χ1v) is 9.24. The van der Waals surface area contributed by atoms with Gasteiger partial charge in [0.25, 0.3) is 0 Å². The van der Waals surface area contributed by atoms with Crippen molar-refractivity contribution in [2.24, 2.45) is 5.92 Å². The number of anilines is 2. The highest BCUT2D eigenvalue weighted by molar-refractivity contribution is 7.80. The van der Waals surface area contributed by atoms with Gasteiger partial charge in [0.15, 0.2) is 5.11 Å². The van der Waals surface area contributed by atoms with E-state index in [1.165, 1.54) is 0 Å². The Morgan fingerprint density at radius 1 is 0.926 bits per heavy atom. The van der Waals surface area contributed by atoms with Crippen molar-refractivity contribution in [3.8, 4) is 12.1 Å². The minimum atomic E-state index is -1.45. The second kappa shape index (κ2) is 8.13. The molecule has 2 aromatic rings. The summed E-state index contributed by atoms with van der Waals surface area (Å²) < 4.78 is 0. The smallest absolute Gasteiger partial charge is 0.226 e. The lowest BCUT2D eigenvalue weighted by Gasteiger charge is -2.32.